The predicted molar refractivity (Wildman–Crippen MR) is 114 cm³/mol. The van der Waals surface area contributed by atoms with Gasteiger partial charge >= 0.3 is 0 Å². The van der Waals surface area contributed by atoms with E-state index in [2.05, 4.69) is 15.4 Å². The number of sulfonamides is 1. The SMILES string of the molecule is COc1ccc(NC(=O)C(C)NC(=O)c2ccco2)cc1NS(=O)(=O)c1ccc(F)cc1. The maximum atomic E-state index is 13.1. The molecule has 0 radical (unpaired) electrons. The van der Waals surface area contributed by atoms with Gasteiger partial charge in [0.1, 0.15) is 17.6 Å². The minimum atomic E-state index is -4.04. The number of furan rings is 1. The summed E-state index contributed by atoms with van der Waals surface area (Å²) in [6.07, 6.45) is 1.34. The van der Waals surface area contributed by atoms with Crippen LogP contribution in [0.25, 0.3) is 0 Å². The number of rotatable bonds is 8. The molecule has 0 saturated carbocycles. The molecule has 3 N–H and O–H groups in total. The van der Waals surface area contributed by atoms with Gasteiger partial charge in [-0.3, -0.25) is 14.3 Å². The van der Waals surface area contributed by atoms with Crippen molar-refractivity contribution in [1.82, 2.24) is 5.32 Å². The molecule has 0 aliphatic rings. The number of anilines is 2. The molecule has 0 spiro atoms. The number of benzene rings is 2. The molecule has 0 bridgehead atoms. The first kappa shape index (κ1) is 22.8. The van der Waals surface area contributed by atoms with Crippen LogP contribution in [0.2, 0.25) is 0 Å². The van der Waals surface area contributed by atoms with Gasteiger partial charge in [0.05, 0.1) is 24.0 Å². The molecule has 1 atom stereocenters. The molecule has 168 valence electrons. The summed E-state index contributed by atoms with van der Waals surface area (Å²) in [6, 6.07) is 10.7. The van der Waals surface area contributed by atoms with Crippen LogP contribution in [0, 0.1) is 5.82 Å². The highest BCUT2D eigenvalue weighted by molar-refractivity contribution is 7.92. The number of hydrogen-bond acceptors (Lipinski definition) is 6. The molecule has 11 heteroatoms. The van der Waals surface area contributed by atoms with E-state index >= 15 is 0 Å². The molecule has 0 saturated heterocycles. The van der Waals surface area contributed by atoms with Gasteiger partial charge in [0.25, 0.3) is 15.9 Å². The third-order valence-electron chi connectivity index (χ3n) is 4.32. The number of carbonyl (C=O) groups excluding carboxylic acids is 2. The number of hydrogen-bond donors (Lipinski definition) is 3. The number of carbonyl (C=O) groups is 2. The maximum Gasteiger partial charge on any atom is 0.287 e. The minimum absolute atomic E-state index is 0.0573. The van der Waals surface area contributed by atoms with Crippen LogP contribution in [0.15, 0.2) is 70.2 Å². The Bertz CT molecular complexity index is 1210. The van der Waals surface area contributed by atoms with Crippen LogP contribution in [0.5, 0.6) is 5.75 Å². The summed E-state index contributed by atoms with van der Waals surface area (Å²) in [5.74, 6) is -1.40. The van der Waals surface area contributed by atoms with Crippen molar-refractivity contribution in [2.45, 2.75) is 17.9 Å². The molecule has 1 unspecified atom stereocenters. The van der Waals surface area contributed by atoms with Crippen LogP contribution < -0.4 is 20.1 Å². The van der Waals surface area contributed by atoms with Crippen molar-refractivity contribution < 1.29 is 31.6 Å². The Balaban J connectivity index is 1.74. The zero-order valence-electron chi connectivity index (χ0n) is 17.1. The molecule has 2 amide bonds. The second kappa shape index (κ2) is 9.52. The summed E-state index contributed by atoms with van der Waals surface area (Å²) >= 11 is 0. The Morgan fingerprint density at radius 1 is 1.09 bits per heavy atom. The van der Waals surface area contributed by atoms with Crippen molar-refractivity contribution in [1.29, 1.82) is 0 Å². The van der Waals surface area contributed by atoms with Gasteiger partial charge in [-0.2, -0.15) is 0 Å². The van der Waals surface area contributed by atoms with Gasteiger partial charge in [-0.05, 0) is 61.5 Å². The van der Waals surface area contributed by atoms with Crippen LogP contribution in [0.1, 0.15) is 17.5 Å². The molecular formula is C21H20FN3O6S. The molecule has 3 aromatic rings. The van der Waals surface area contributed by atoms with E-state index in [0.717, 1.165) is 24.3 Å². The number of ether oxygens (including phenoxy) is 1. The van der Waals surface area contributed by atoms with Crippen molar-refractivity contribution >= 4 is 33.2 Å². The molecule has 9 nitrogen and oxygen atoms in total. The minimum Gasteiger partial charge on any atom is -0.495 e. The standard InChI is InChI=1S/C21H20FN3O6S/c1-13(23-21(27)19-4-3-11-31-19)20(26)24-15-7-10-18(30-2)17(12-15)25-32(28,29)16-8-5-14(22)6-9-16/h3-13,25H,1-2H3,(H,23,27)(H,24,26). The molecule has 1 heterocycles. The van der Waals surface area contributed by atoms with E-state index in [-0.39, 0.29) is 27.8 Å². The van der Waals surface area contributed by atoms with Gasteiger partial charge < -0.3 is 19.8 Å². The largest absolute Gasteiger partial charge is 0.495 e. The Morgan fingerprint density at radius 2 is 1.81 bits per heavy atom. The van der Waals surface area contributed by atoms with Gasteiger partial charge in [-0.15, -0.1) is 0 Å². The first-order chi connectivity index (χ1) is 15.2. The van der Waals surface area contributed by atoms with Crippen LogP contribution >= 0.6 is 0 Å². The van der Waals surface area contributed by atoms with E-state index in [1.165, 1.54) is 44.6 Å². The number of amides is 2. The predicted octanol–water partition coefficient (Wildman–Crippen LogP) is 2.99. The summed E-state index contributed by atoms with van der Waals surface area (Å²) in [7, 11) is -2.69. The quantitative estimate of drug-likeness (QED) is 0.473. The Labute approximate surface area is 183 Å². The van der Waals surface area contributed by atoms with Crippen LogP contribution in [-0.4, -0.2) is 33.4 Å². The lowest BCUT2D eigenvalue weighted by Crippen LogP contribution is -2.41. The first-order valence-electron chi connectivity index (χ1n) is 9.31. The summed E-state index contributed by atoms with van der Waals surface area (Å²) < 4.78 is 50.9. The van der Waals surface area contributed by atoms with E-state index in [9.17, 15) is 22.4 Å². The molecule has 32 heavy (non-hydrogen) atoms. The fourth-order valence-electron chi connectivity index (χ4n) is 2.67. The number of nitrogens with one attached hydrogen (secondary N) is 3. The average Bonchev–Trinajstić information content (AvgIpc) is 3.29. The van der Waals surface area contributed by atoms with Gasteiger partial charge in [0, 0.05) is 5.69 Å². The van der Waals surface area contributed by atoms with Gasteiger partial charge in [-0.25, -0.2) is 12.8 Å². The smallest absolute Gasteiger partial charge is 0.287 e. The fourth-order valence-corrected chi connectivity index (χ4v) is 3.74. The lowest BCUT2D eigenvalue weighted by Gasteiger charge is -2.16. The summed E-state index contributed by atoms with van der Waals surface area (Å²) in [5, 5.41) is 5.09. The average molecular weight is 461 g/mol. The molecule has 0 fully saturated rings. The van der Waals surface area contributed by atoms with Gasteiger partial charge in [-0.1, -0.05) is 0 Å². The molecule has 0 aliphatic carbocycles. The van der Waals surface area contributed by atoms with Gasteiger partial charge in [0.15, 0.2) is 5.76 Å². The van der Waals surface area contributed by atoms with Crippen LogP contribution in [0.3, 0.4) is 0 Å². The zero-order chi connectivity index (χ0) is 23.3. The second-order valence-electron chi connectivity index (χ2n) is 6.64. The van der Waals surface area contributed by atoms with Crippen LogP contribution in [0.4, 0.5) is 15.8 Å². The van der Waals surface area contributed by atoms with Crippen molar-refractivity contribution in [3.8, 4) is 5.75 Å². The summed E-state index contributed by atoms with van der Waals surface area (Å²) in [6.45, 7) is 1.48. The van der Waals surface area contributed by atoms with E-state index < -0.39 is 33.7 Å². The molecule has 1 aromatic heterocycles. The van der Waals surface area contributed by atoms with Crippen molar-refractivity contribution in [3.63, 3.8) is 0 Å². The summed E-state index contributed by atoms with van der Waals surface area (Å²) in [5.41, 5.74) is 0.314. The maximum absolute atomic E-state index is 13.1. The van der Waals surface area contributed by atoms with Gasteiger partial charge in [0.2, 0.25) is 5.91 Å². The lowest BCUT2D eigenvalue weighted by atomic mass is 10.2. The molecular weight excluding hydrogens is 441 g/mol. The topological polar surface area (TPSA) is 127 Å². The second-order valence-corrected chi connectivity index (χ2v) is 8.32. The van der Waals surface area contributed by atoms with E-state index in [1.807, 2.05) is 0 Å². The molecule has 0 aliphatic heterocycles. The number of methoxy groups -OCH3 is 1. The normalized spacial score (nSPS) is 12.0. The third-order valence-corrected chi connectivity index (χ3v) is 5.70. The fraction of sp³-hybridized carbons (Fsp3) is 0.143. The third kappa shape index (κ3) is 5.43. The van der Waals surface area contributed by atoms with E-state index in [1.54, 1.807) is 6.07 Å². The van der Waals surface area contributed by atoms with E-state index in [4.69, 9.17) is 9.15 Å². The molecule has 2 aromatic carbocycles. The Morgan fingerprint density at radius 3 is 2.44 bits per heavy atom. The zero-order valence-corrected chi connectivity index (χ0v) is 17.9. The lowest BCUT2D eigenvalue weighted by molar-refractivity contribution is -0.117. The van der Waals surface area contributed by atoms with Crippen molar-refractivity contribution in [2.24, 2.45) is 0 Å². The monoisotopic (exact) mass is 461 g/mol. The van der Waals surface area contributed by atoms with Crippen molar-refractivity contribution in [3.05, 3.63) is 72.4 Å². The first-order valence-corrected chi connectivity index (χ1v) is 10.8. The number of halogens is 1. The van der Waals surface area contributed by atoms with Crippen molar-refractivity contribution in [2.75, 3.05) is 17.1 Å². The van der Waals surface area contributed by atoms with E-state index in [0.29, 0.717) is 0 Å². The Kier molecular flexibility index (Phi) is 6.79. The molecule has 3 rings (SSSR count). The highest BCUT2D eigenvalue weighted by Gasteiger charge is 2.20. The Hall–Kier alpha value is -3.86. The summed E-state index contributed by atoms with van der Waals surface area (Å²) in [4.78, 5) is 24.3. The van der Waals surface area contributed by atoms with Crippen LogP contribution in [-0.2, 0) is 14.8 Å². The highest BCUT2D eigenvalue weighted by Crippen LogP contribution is 2.30. The highest BCUT2D eigenvalue weighted by atomic mass is 32.2.